The van der Waals surface area contributed by atoms with Gasteiger partial charge in [-0.1, -0.05) is 214 Å². The van der Waals surface area contributed by atoms with E-state index in [1.54, 1.807) is 0 Å². The zero-order valence-corrected chi connectivity index (χ0v) is 26.8. The first-order chi connectivity index (χ1) is 19.3. The van der Waals surface area contributed by atoms with Crippen molar-refractivity contribution in [3.05, 3.63) is 145 Å². The van der Waals surface area contributed by atoms with E-state index in [0.717, 1.165) is 0 Å². The van der Waals surface area contributed by atoms with E-state index in [0.29, 0.717) is 0 Å². The summed E-state index contributed by atoms with van der Waals surface area (Å²) in [6.07, 6.45) is 0. The lowest BCUT2D eigenvalue weighted by atomic mass is 10.1. The minimum atomic E-state index is 1.28. The van der Waals surface area contributed by atoms with Crippen LogP contribution in [0.15, 0.2) is 140 Å². The van der Waals surface area contributed by atoms with Crippen LogP contribution in [0, 0.1) is 6.92 Å². The second-order valence-corrected chi connectivity index (χ2v) is 6.73. The van der Waals surface area contributed by atoms with Crippen LogP contribution >= 0.6 is 0 Å². The van der Waals surface area contributed by atoms with E-state index in [-0.39, 0.29) is 0 Å². The molecule has 0 radical (unpaired) electrons. The van der Waals surface area contributed by atoms with Gasteiger partial charge in [-0.15, -0.1) is 0 Å². The molecule has 0 bridgehead atoms. The number of aryl methyl sites for hydroxylation is 1. The molecule has 0 amide bonds. The maximum Gasteiger partial charge on any atom is -0.0184 e. The fraction of sp³-hybridized carbons (Fsp3) is 0.282. The van der Waals surface area contributed by atoms with Crippen LogP contribution in [0.3, 0.4) is 0 Å². The van der Waals surface area contributed by atoms with Gasteiger partial charge in [0.25, 0.3) is 0 Å². The van der Waals surface area contributed by atoms with Crippen molar-refractivity contribution in [2.24, 2.45) is 0 Å². The third-order valence-electron chi connectivity index (χ3n) is 4.48. The average Bonchev–Trinajstić information content (AvgIpc) is 3.08. The normalized spacial score (nSPS) is 7.87. The van der Waals surface area contributed by atoms with E-state index >= 15 is 0 Å². The molecule has 0 N–H and O–H groups in total. The molecule has 0 unspecified atom stereocenters. The minimum Gasteiger partial charge on any atom is -0.0683 e. The molecule has 0 aliphatic rings. The first-order valence-electron chi connectivity index (χ1n) is 14.9. The predicted molar refractivity (Wildman–Crippen MR) is 184 cm³/mol. The maximum absolute atomic E-state index is 2.12. The van der Waals surface area contributed by atoms with Crippen molar-refractivity contribution in [2.75, 3.05) is 0 Å². The van der Waals surface area contributed by atoms with Crippen LogP contribution in [0.1, 0.15) is 74.8 Å². The second-order valence-electron chi connectivity index (χ2n) is 6.73. The molecule has 0 heteroatoms. The molecule has 0 spiro atoms. The van der Waals surface area contributed by atoms with E-state index in [4.69, 9.17) is 0 Å². The highest BCUT2D eigenvalue weighted by molar-refractivity contribution is 5.82. The Labute approximate surface area is 242 Å². The van der Waals surface area contributed by atoms with Crippen molar-refractivity contribution in [3.63, 3.8) is 0 Å². The van der Waals surface area contributed by atoms with E-state index < -0.39 is 0 Å². The van der Waals surface area contributed by atoms with E-state index in [1.807, 2.05) is 99.6 Å². The SMILES string of the molecule is CC.CC.CC.CC.CC.Cc1ccccc1.c1ccc(-c2ccccc2)cc1.c1ccc2ccccc2c1. The largest absolute Gasteiger partial charge is 0.0683 e. The highest BCUT2D eigenvalue weighted by Gasteiger charge is 1.91. The Hall–Kier alpha value is -3.64. The highest BCUT2D eigenvalue weighted by Crippen LogP contribution is 2.17. The van der Waals surface area contributed by atoms with E-state index in [2.05, 4.69) is 116 Å². The molecule has 0 atom stereocenters. The summed E-state index contributed by atoms with van der Waals surface area (Å²) in [6, 6.07) is 47.8. The standard InChI is InChI=1S/C12H10.C10H8.C7H8.5C2H6/c1-3-7-11(8-4-1)12-9-5-2-6-10-12;1-2-6-10-8-4-3-7-9(10)5-1;1-7-5-3-2-4-6-7;5*1-2/h1-10H;1-8H;2-6H,1H3;5*1-2H3. The van der Waals surface area contributed by atoms with Gasteiger partial charge in [-0.2, -0.15) is 0 Å². The van der Waals surface area contributed by atoms with Gasteiger partial charge in [-0.25, -0.2) is 0 Å². The van der Waals surface area contributed by atoms with E-state index in [9.17, 15) is 0 Å². The van der Waals surface area contributed by atoms with Crippen LogP contribution in [0.5, 0.6) is 0 Å². The lowest BCUT2D eigenvalue weighted by Crippen LogP contribution is -1.73. The molecule has 0 heterocycles. The van der Waals surface area contributed by atoms with Crippen molar-refractivity contribution < 1.29 is 0 Å². The molecule has 212 valence electrons. The molecule has 0 saturated carbocycles. The molecular formula is C39H56. The molecule has 0 nitrogen and oxygen atoms in total. The van der Waals surface area contributed by atoms with Gasteiger partial charge in [-0.3, -0.25) is 0 Å². The first-order valence-corrected chi connectivity index (χ1v) is 14.9. The van der Waals surface area contributed by atoms with Crippen LogP contribution in [0.2, 0.25) is 0 Å². The van der Waals surface area contributed by atoms with Crippen LogP contribution in [0.4, 0.5) is 0 Å². The monoisotopic (exact) mass is 524 g/mol. The number of rotatable bonds is 1. The Bertz CT molecular complexity index is 979. The third-order valence-corrected chi connectivity index (χ3v) is 4.48. The molecule has 0 saturated heterocycles. The summed E-state index contributed by atoms with van der Waals surface area (Å²) < 4.78 is 0. The summed E-state index contributed by atoms with van der Waals surface area (Å²) in [6.45, 7) is 22.1. The first kappa shape index (κ1) is 39.9. The smallest absolute Gasteiger partial charge is 0.0184 e. The number of hydrogen-bond donors (Lipinski definition) is 0. The summed E-state index contributed by atoms with van der Waals surface area (Å²) in [5.41, 5.74) is 3.87. The lowest BCUT2D eigenvalue weighted by molar-refractivity contribution is 1.48. The lowest BCUT2D eigenvalue weighted by Gasteiger charge is -1.98. The van der Waals surface area contributed by atoms with Gasteiger partial charge in [0.1, 0.15) is 0 Å². The topological polar surface area (TPSA) is 0 Å². The zero-order valence-electron chi connectivity index (χ0n) is 26.8. The second kappa shape index (κ2) is 32.4. The summed E-state index contributed by atoms with van der Waals surface area (Å²) in [4.78, 5) is 0. The molecule has 5 aromatic rings. The van der Waals surface area contributed by atoms with Gasteiger partial charge < -0.3 is 0 Å². The fourth-order valence-corrected chi connectivity index (χ4v) is 2.93. The molecule has 5 aromatic carbocycles. The Morgan fingerprint density at radius 3 is 0.667 bits per heavy atom. The number of benzene rings is 5. The third kappa shape index (κ3) is 20.1. The van der Waals surface area contributed by atoms with Crippen molar-refractivity contribution >= 4 is 10.8 Å². The molecule has 0 aliphatic carbocycles. The Balaban J connectivity index is -0.000000437. The predicted octanol–water partition coefficient (Wildman–Crippen LogP) is 13.3. The molecular weight excluding hydrogens is 468 g/mol. The van der Waals surface area contributed by atoms with Crippen LogP contribution in [0.25, 0.3) is 21.9 Å². The van der Waals surface area contributed by atoms with Crippen LogP contribution in [-0.4, -0.2) is 0 Å². The van der Waals surface area contributed by atoms with Gasteiger partial charge in [0.05, 0.1) is 0 Å². The number of fused-ring (bicyclic) bond motifs is 1. The Morgan fingerprint density at radius 2 is 0.462 bits per heavy atom. The molecule has 0 aliphatic heterocycles. The summed E-state index contributed by atoms with van der Waals surface area (Å²) >= 11 is 0. The molecule has 0 fully saturated rings. The molecule has 0 aromatic heterocycles. The van der Waals surface area contributed by atoms with Crippen LogP contribution < -0.4 is 0 Å². The van der Waals surface area contributed by atoms with Gasteiger partial charge in [0.2, 0.25) is 0 Å². The minimum absolute atomic E-state index is 1.28. The Morgan fingerprint density at radius 1 is 0.256 bits per heavy atom. The van der Waals surface area contributed by atoms with Crippen molar-refractivity contribution in [3.8, 4) is 11.1 Å². The summed E-state index contributed by atoms with van der Waals surface area (Å²) in [5.74, 6) is 0. The van der Waals surface area contributed by atoms with Gasteiger partial charge >= 0.3 is 0 Å². The Kier molecular flexibility index (Phi) is 33.1. The van der Waals surface area contributed by atoms with Crippen molar-refractivity contribution in [1.82, 2.24) is 0 Å². The quantitative estimate of drug-likeness (QED) is 0.204. The van der Waals surface area contributed by atoms with Gasteiger partial charge in [0.15, 0.2) is 0 Å². The molecule has 5 rings (SSSR count). The summed E-state index contributed by atoms with van der Waals surface area (Å²) in [5, 5.41) is 2.62. The zero-order chi connectivity index (χ0) is 30.2. The van der Waals surface area contributed by atoms with Crippen molar-refractivity contribution in [2.45, 2.75) is 76.2 Å². The number of hydrogen-bond acceptors (Lipinski definition) is 0. The van der Waals surface area contributed by atoms with Crippen LogP contribution in [-0.2, 0) is 0 Å². The fourth-order valence-electron chi connectivity index (χ4n) is 2.93. The molecule has 39 heavy (non-hydrogen) atoms. The van der Waals surface area contributed by atoms with Gasteiger partial charge in [0, 0.05) is 0 Å². The highest BCUT2D eigenvalue weighted by atomic mass is 14.0. The van der Waals surface area contributed by atoms with Gasteiger partial charge in [-0.05, 0) is 28.8 Å². The maximum atomic E-state index is 2.12. The van der Waals surface area contributed by atoms with Crippen molar-refractivity contribution in [1.29, 1.82) is 0 Å². The average molecular weight is 525 g/mol. The van der Waals surface area contributed by atoms with E-state index in [1.165, 1.54) is 27.5 Å². The summed E-state index contributed by atoms with van der Waals surface area (Å²) in [7, 11) is 0.